The van der Waals surface area contributed by atoms with Gasteiger partial charge in [-0.1, -0.05) is 13.8 Å². The van der Waals surface area contributed by atoms with E-state index in [2.05, 4.69) is 14.1 Å². The van der Waals surface area contributed by atoms with Gasteiger partial charge < -0.3 is 14.6 Å². The van der Waals surface area contributed by atoms with Gasteiger partial charge in [0.1, 0.15) is 26.2 Å². The molecule has 1 aromatic carbocycles. The van der Waals surface area contributed by atoms with Crippen molar-refractivity contribution < 1.29 is 32.8 Å². The molecular weight excluding hydrogens is 533 g/mol. The van der Waals surface area contributed by atoms with Crippen molar-refractivity contribution in [2.45, 2.75) is 88.6 Å². The first-order chi connectivity index (χ1) is 17.5. The highest BCUT2D eigenvalue weighted by Gasteiger charge is 2.30. The third-order valence-electron chi connectivity index (χ3n) is 5.73. The van der Waals surface area contributed by atoms with E-state index in [9.17, 15) is 23.3 Å². The number of hydrogen-bond donors (Lipinski definition) is 2. The predicted octanol–water partition coefficient (Wildman–Crippen LogP) is 5.17. The number of carbonyl (C=O) groups is 2. The van der Waals surface area contributed by atoms with Gasteiger partial charge in [-0.25, -0.2) is 23.1 Å². The van der Waals surface area contributed by atoms with Gasteiger partial charge in [0.05, 0.1) is 19.2 Å². The van der Waals surface area contributed by atoms with E-state index < -0.39 is 38.9 Å². The number of rotatable bonds is 7. The quantitative estimate of drug-likeness (QED) is 0.471. The summed E-state index contributed by atoms with van der Waals surface area (Å²) >= 11 is 0.870. The van der Waals surface area contributed by atoms with Crippen LogP contribution in [-0.4, -0.2) is 45.1 Å². The Labute approximate surface area is 227 Å². The summed E-state index contributed by atoms with van der Waals surface area (Å²) < 4.78 is 45.6. The van der Waals surface area contributed by atoms with E-state index in [1.165, 1.54) is 32.2 Å². The average molecular weight is 570 g/mol. The minimum Gasteiger partial charge on any atom is -0.443 e. The number of nitrogens with zero attached hydrogens (tertiary/aromatic N) is 2. The number of benzene rings is 1. The third-order valence-corrected chi connectivity index (χ3v) is 9.32. The average Bonchev–Trinajstić information content (AvgIpc) is 3.45. The Morgan fingerprint density at radius 2 is 2.00 bits per heavy atom. The number of hydrogen-bond acceptors (Lipinski definition) is 8. The van der Waals surface area contributed by atoms with E-state index in [0.29, 0.717) is 36.3 Å². The van der Waals surface area contributed by atoms with Crippen molar-refractivity contribution >= 4 is 33.3 Å². The highest BCUT2D eigenvalue weighted by Crippen LogP contribution is 2.34. The molecule has 2 aromatic rings. The molecule has 9 nitrogen and oxygen atoms in total. The third kappa shape index (κ3) is 7.58. The lowest BCUT2D eigenvalue weighted by atomic mass is 9.85. The second-order valence-corrected chi connectivity index (χ2v) is 14.3. The van der Waals surface area contributed by atoms with Crippen molar-refractivity contribution in [3.05, 3.63) is 45.8 Å². The first kappa shape index (κ1) is 30.1. The van der Waals surface area contributed by atoms with Crippen LogP contribution in [0.4, 0.5) is 9.18 Å². The standard InChI is InChI=1S/C26H36FN3O6S2/c1-15(2)18-10-17(27)11-19(16-8-9-35-14-16)20(18)12-21(31)29-38(34,30-24(32)36-25(3,4)5)22-13-28-23(37-22)26(6,7)33/h10-11,13,15-16,33H,8-9,12,14H2,1-7H3,(H,29,30,31,32,34). The number of halogens is 1. The van der Waals surface area contributed by atoms with Gasteiger partial charge in [-0.3, -0.25) is 4.79 Å². The first-order valence-corrected chi connectivity index (χ1v) is 14.7. The van der Waals surface area contributed by atoms with Gasteiger partial charge in [0.25, 0.3) is 5.91 Å². The number of ether oxygens (including phenoxy) is 2. The molecular formula is C26H36FN3O6S2. The molecule has 210 valence electrons. The van der Waals surface area contributed by atoms with Crippen molar-refractivity contribution in [3.63, 3.8) is 0 Å². The molecule has 2 N–H and O–H groups in total. The van der Waals surface area contributed by atoms with Crippen LogP contribution in [-0.2, 0) is 36.2 Å². The summed E-state index contributed by atoms with van der Waals surface area (Å²) in [5.41, 5.74) is -0.282. The Morgan fingerprint density at radius 1 is 1.32 bits per heavy atom. The maximum atomic E-state index is 14.5. The van der Waals surface area contributed by atoms with Gasteiger partial charge in [0.2, 0.25) is 0 Å². The van der Waals surface area contributed by atoms with Crippen LogP contribution in [0.1, 0.15) is 88.4 Å². The summed E-state index contributed by atoms with van der Waals surface area (Å²) in [7, 11) is -3.87. The molecule has 1 aliphatic rings. The molecule has 1 saturated heterocycles. The van der Waals surface area contributed by atoms with Crippen LogP contribution in [0.25, 0.3) is 0 Å². The van der Waals surface area contributed by atoms with Crippen LogP contribution in [0.15, 0.2) is 26.9 Å². The molecule has 2 amide bonds. The zero-order chi connectivity index (χ0) is 28.5. The van der Waals surface area contributed by atoms with E-state index in [1.54, 1.807) is 20.8 Å². The lowest BCUT2D eigenvalue weighted by Crippen LogP contribution is -2.36. The van der Waals surface area contributed by atoms with E-state index in [-0.39, 0.29) is 27.5 Å². The molecule has 0 aliphatic carbocycles. The van der Waals surface area contributed by atoms with Crippen LogP contribution < -0.4 is 4.72 Å². The lowest BCUT2D eigenvalue weighted by Gasteiger charge is -2.21. The number of amides is 2. The van der Waals surface area contributed by atoms with Crippen LogP contribution >= 0.6 is 11.3 Å². The Balaban J connectivity index is 2.07. The molecule has 1 fully saturated rings. The molecule has 12 heteroatoms. The fraction of sp³-hybridized carbons (Fsp3) is 0.577. The summed E-state index contributed by atoms with van der Waals surface area (Å²) in [4.78, 5) is 30.1. The fourth-order valence-corrected chi connectivity index (χ4v) is 6.70. The summed E-state index contributed by atoms with van der Waals surface area (Å²) in [5.74, 6) is -1.33. The second-order valence-electron chi connectivity index (χ2n) is 11.1. The topological polar surface area (TPSA) is 127 Å². The van der Waals surface area contributed by atoms with Crippen molar-refractivity contribution in [2.75, 3.05) is 13.2 Å². The number of carbonyl (C=O) groups excluding carboxylic acids is 2. The number of aromatic nitrogens is 1. The van der Waals surface area contributed by atoms with Gasteiger partial charge in [-0.05, 0) is 75.8 Å². The van der Waals surface area contributed by atoms with Gasteiger partial charge in [0.15, 0.2) is 9.92 Å². The molecule has 0 spiro atoms. The smallest absolute Gasteiger partial charge is 0.420 e. The second kappa shape index (κ2) is 11.4. The van der Waals surface area contributed by atoms with E-state index in [0.717, 1.165) is 11.3 Å². The van der Waals surface area contributed by atoms with Gasteiger partial charge in [-0.15, -0.1) is 15.7 Å². The van der Waals surface area contributed by atoms with Gasteiger partial charge >= 0.3 is 6.09 Å². The molecule has 2 unspecified atom stereocenters. The molecule has 0 radical (unpaired) electrons. The van der Waals surface area contributed by atoms with Crippen molar-refractivity contribution in [1.29, 1.82) is 0 Å². The zero-order valence-corrected chi connectivity index (χ0v) is 24.4. The summed E-state index contributed by atoms with van der Waals surface area (Å²) in [6.45, 7) is 12.7. The highest BCUT2D eigenvalue weighted by atomic mass is 32.2. The summed E-state index contributed by atoms with van der Waals surface area (Å²) in [6, 6.07) is 2.82. The van der Waals surface area contributed by atoms with Crippen LogP contribution in [0.2, 0.25) is 0 Å². The molecule has 2 atom stereocenters. The maximum Gasteiger partial charge on any atom is 0.420 e. The Hall–Kier alpha value is -2.41. The maximum absolute atomic E-state index is 14.5. The van der Waals surface area contributed by atoms with Crippen LogP contribution in [0.3, 0.4) is 0 Å². The first-order valence-electron chi connectivity index (χ1n) is 12.4. The van der Waals surface area contributed by atoms with Crippen molar-refractivity contribution in [1.82, 2.24) is 9.71 Å². The molecule has 0 saturated carbocycles. The molecule has 1 aromatic heterocycles. The van der Waals surface area contributed by atoms with Gasteiger partial charge in [-0.2, -0.15) is 0 Å². The molecule has 38 heavy (non-hydrogen) atoms. The number of thiazole rings is 1. The minimum absolute atomic E-state index is 0.0126. The number of aliphatic hydroxyl groups is 1. The lowest BCUT2D eigenvalue weighted by molar-refractivity contribution is -0.117. The SMILES string of the molecule is CC(C)c1cc(F)cc(C2CCOC2)c1CC(=O)N=S(=O)(NC(=O)OC(C)(C)C)c1cnc(C(C)(C)O)s1. The Bertz CT molecular complexity index is 1310. The Kier molecular flexibility index (Phi) is 9.02. The zero-order valence-electron chi connectivity index (χ0n) is 22.8. The predicted molar refractivity (Wildman–Crippen MR) is 143 cm³/mol. The van der Waals surface area contributed by atoms with Crippen LogP contribution in [0, 0.1) is 5.82 Å². The van der Waals surface area contributed by atoms with E-state index >= 15 is 0 Å². The molecule has 2 heterocycles. The van der Waals surface area contributed by atoms with Crippen molar-refractivity contribution in [2.24, 2.45) is 4.36 Å². The minimum atomic E-state index is -3.87. The monoisotopic (exact) mass is 569 g/mol. The van der Waals surface area contributed by atoms with E-state index in [4.69, 9.17) is 9.47 Å². The number of nitrogens with one attached hydrogen (secondary N) is 1. The largest absolute Gasteiger partial charge is 0.443 e. The van der Waals surface area contributed by atoms with Gasteiger partial charge in [0, 0.05) is 12.5 Å². The fourth-order valence-electron chi connectivity index (χ4n) is 4.07. The van der Waals surface area contributed by atoms with Crippen molar-refractivity contribution in [3.8, 4) is 0 Å². The normalized spacial score (nSPS) is 17.8. The Morgan fingerprint density at radius 3 is 2.53 bits per heavy atom. The highest BCUT2D eigenvalue weighted by molar-refractivity contribution is 7.94. The van der Waals surface area contributed by atoms with E-state index in [1.807, 2.05) is 13.8 Å². The van der Waals surface area contributed by atoms with Crippen LogP contribution in [0.5, 0.6) is 0 Å². The summed E-state index contributed by atoms with van der Waals surface area (Å²) in [5, 5.41) is 10.6. The molecule has 0 bridgehead atoms. The molecule has 1 aliphatic heterocycles. The molecule has 3 rings (SSSR count). The summed E-state index contributed by atoms with van der Waals surface area (Å²) in [6.07, 6.45) is 0.638.